The Labute approximate surface area is 232 Å². The van der Waals surface area contributed by atoms with Crippen molar-refractivity contribution in [3.63, 3.8) is 0 Å². The van der Waals surface area contributed by atoms with Crippen LogP contribution in [0.5, 0.6) is 5.75 Å². The normalized spacial score (nSPS) is 11.9. The second-order valence-electron chi connectivity index (χ2n) is 8.66. The number of rotatable bonds is 12. The number of halogens is 2. The third kappa shape index (κ3) is 8.33. The first kappa shape index (κ1) is 30.2. The fourth-order valence-electron chi connectivity index (χ4n) is 3.49. The zero-order valence-corrected chi connectivity index (χ0v) is 22.9. The van der Waals surface area contributed by atoms with Crippen molar-refractivity contribution in [1.82, 2.24) is 19.8 Å². The fraction of sp³-hybridized carbons (Fsp3) is 0.346. The lowest BCUT2D eigenvalue weighted by molar-refractivity contribution is -0.123. The van der Waals surface area contributed by atoms with Gasteiger partial charge in [0.15, 0.2) is 0 Å². The van der Waals surface area contributed by atoms with Crippen LogP contribution in [0.25, 0.3) is 10.2 Å². The number of hydrogen-bond acceptors (Lipinski definition) is 8. The van der Waals surface area contributed by atoms with Gasteiger partial charge < -0.3 is 29.6 Å². The molecule has 0 saturated carbocycles. The number of methoxy groups -OCH3 is 1. The van der Waals surface area contributed by atoms with E-state index in [4.69, 9.17) is 4.74 Å². The molecule has 2 heterocycles. The molecule has 14 heteroatoms. The molecule has 2 N–H and O–H groups in total. The number of nitrogens with zero attached hydrogens (tertiary/aromatic N) is 3. The summed E-state index contributed by atoms with van der Waals surface area (Å²) in [7, 11) is 4.37. The lowest BCUT2D eigenvalue weighted by Gasteiger charge is -2.17. The molecule has 0 fully saturated rings. The van der Waals surface area contributed by atoms with E-state index in [-0.39, 0.29) is 30.3 Å². The van der Waals surface area contributed by atoms with Crippen molar-refractivity contribution in [2.75, 3.05) is 33.1 Å². The molecular formula is C26H29F2N5O6S. The smallest absolute Gasteiger partial charge is 0.407 e. The standard InChI is InChI=1S/C26H29F2N5O6S/c1-32(2)22(34)12-5-4-8-17(31-26(37)38-3)24(35)30-18-10-7-13-33(25(18)36)14-21-29-16-9-6-11-19(23(16)40-21)39-15-20(27)28/h5-7,9-13,17,20H,4,8,14-15H2,1-3H3,(H,30,35)(H,31,37)/b12-5+. The van der Waals surface area contributed by atoms with Gasteiger partial charge >= 0.3 is 6.09 Å². The summed E-state index contributed by atoms with van der Waals surface area (Å²) in [6.45, 7) is -0.686. The molecule has 0 aliphatic heterocycles. The molecule has 0 radical (unpaired) electrons. The molecule has 0 bridgehead atoms. The molecular weight excluding hydrogens is 548 g/mol. The van der Waals surface area contributed by atoms with Gasteiger partial charge in [-0.1, -0.05) is 12.1 Å². The summed E-state index contributed by atoms with van der Waals surface area (Å²) < 4.78 is 36.9. The highest BCUT2D eigenvalue weighted by atomic mass is 32.1. The largest absolute Gasteiger partial charge is 0.486 e. The van der Waals surface area contributed by atoms with Crippen LogP contribution in [0.3, 0.4) is 0 Å². The number of carbonyl (C=O) groups is 3. The van der Waals surface area contributed by atoms with Crippen LogP contribution in [0.2, 0.25) is 0 Å². The van der Waals surface area contributed by atoms with E-state index >= 15 is 0 Å². The number of alkyl halides is 2. The number of hydrogen-bond donors (Lipinski definition) is 2. The number of amides is 3. The van der Waals surface area contributed by atoms with Gasteiger partial charge in [0.05, 0.1) is 23.9 Å². The van der Waals surface area contributed by atoms with Crippen LogP contribution in [0, 0.1) is 0 Å². The first-order valence-corrected chi connectivity index (χ1v) is 12.9. The summed E-state index contributed by atoms with van der Waals surface area (Å²) in [5, 5.41) is 5.50. The maximum atomic E-state index is 13.1. The molecule has 214 valence electrons. The highest BCUT2D eigenvalue weighted by Gasteiger charge is 2.22. The highest BCUT2D eigenvalue weighted by molar-refractivity contribution is 7.19. The Bertz CT molecular complexity index is 1440. The van der Waals surface area contributed by atoms with Crippen LogP contribution in [0.15, 0.2) is 53.5 Å². The molecule has 0 aliphatic carbocycles. The number of fused-ring (bicyclic) bond motifs is 1. The third-order valence-electron chi connectivity index (χ3n) is 5.49. The molecule has 2 aromatic heterocycles. The van der Waals surface area contributed by atoms with Gasteiger partial charge in [-0.3, -0.25) is 14.4 Å². The first-order chi connectivity index (χ1) is 19.1. The summed E-state index contributed by atoms with van der Waals surface area (Å²) >= 11 is 1.21. The van der Waals surface area contributed by atoms with Crippen molar-refractivity contribution in [3.8, 4) is 5.75 Å². The van der Waals surface area contributed by atoms with Gasteiger partial charge in [0.2, 0.25) is 11.8 Å². The van der Waals surface area contributed by atoms with E-state index in [1.54, 1.807) is 44.4 Å². The van der Waals surface area contributed by atoms with Crippen LogP contribution in [0.1, 0.15) is 17.8 Å². The van der Waals surface area contributed by atoms with Crippen molar-refractivity contribution in [1.29, 1.82) is 0 Å². The molecule has 1 aromatic carbocycles. The Hall–Kier alpha value is -4.33. The fourth-order valence-corrected chi connectivity index (χ4v) is 4.52. The Morgan fingerprint density at radius 2 is 1.98 bits per heavy atom. The molecule has 3 aromatic rings. The van der Waals surface area contributed by atoms with E-state index in [0.29, 0.717) is 21.6 Å². The predicted octanol–water partition coefficient (Wildman–Crippen LogP) is 3.24. The molecule has 3 amide bonds. The molecule has 11 nitrogen and oxygen atoms in total. The van der Waals surface area contributed by atoms with Crippen LogP contribution in [0.4, 0.5) is 19.3 Å². The molecule has 40 heavy (non-hydrogen) atoms. The summed E-state index contributed by atoms with van der Waals surface area (Å²) in [4.78, 5) is 55.5. The summed E-state index contributed by atoms with van der Waals surface area (Å²) in [6, 6.07) is 6.88. The Kier molecular flexibility index (Phi) is 10.7. The van der Waals surface area contributed by atoms with E-state index in [9.17, 15) is 28.0 Å². The van der Waals surface area contributed by atoms with E-state index in [1.165, 1.54) is 39.1 Å². The Balaban J connectivity index is 1.74. The second kappa shape index (κ2) is 14.2. The van der Waals surface area contributed by atoms with Gasteiger partial charge in [-0.15, -0.1) is 11.3 Å². The molecule has 0 saturated heterocycles. The topological polar surface area (TPSA) is 132 Å². The SMILES string of the molecule is COC(=O)NC(CC/C=C/C(=O)N(C)C)C(=O)Nc1cccn(Cc2nc3cccc(OCC(F)F)c3s2)c1=O. The predicted molar refractivity (Wildman–Crippen MR) is 146 cm³/mol. The van der Waals surface area contributed by atoms with E-state index in [2.05, 4.69) is 20.4 Å². The van der Waals surface area contributed by atoms with Gasteiger partial charge in [0.25, 0.3) is 12.0 Å². The van der Waals surface area contributed by atoms with Crippen molar-refractivity contribution < 1.29 is 32.6 Å². The minimum atomic E-state index is -2.62. The quantitative estimate of drug-likeness (QED) is 0.316. The average molecular weight is 578 g/mol. The number of pyridine rings is 1. The summed E-state index contributed by atoms with van der Waals surface area (Å²) in [5.41, 5.74) is 0.00413. The van der Waals surface area contributed by atoms with Crippen molar-refractivity contribution in [2.45, 2.75) is 31.9 Å². The number of thiazole rings is 1. The minimum Gasteiger partial charge on any atom is -0.486 e. The van der Waals surface area contributed by atoms with E-state index in [1.807, 2.05) is 0 Å². The van der Waals surface area contributed by atoms with Gasteiger partial charge in [0, 0.05) is 20.3 Å². The summed E-state index contributed by atoms with van der Waals surface area (Å²) in [6.07, 6.45) is 1.45. The number of likely N-dealkylation sites (N-methyl/N-ethyl adjacent to an activating group) is 1. The van der Waals surface area contributed by atoms with Crippen molar-refractivity contribution in [2.24, 2.45) is 0 Å². The number of nitrogens with one attached hydrogen (secondary N) is 2. The van der Waals surface area contributed by atoms with Gasteiger partial charge in [-0.05, 0) is 43.2 Å². The maximum absolute atomic E-state index is 13.1. The zero-order valence-electron chi connectivity index (χ0n) is 22.1. The maximum Gasteiger partial charge on any atom is 0.407 e. The second-order valence-corrected chi connectivity index (χ2v) is 9.74. The summed E-state index contributed by atoms with van der Waals surface area (Å²) in [5.74, 6) is -0.592. The van der Waals surface area contributed by atoms with Gasteiger partial charge in [0.1, 0.15) is 29.1 Å². The van der Waals surface area contributed by atoms with E-state index < -0.39 is 36.6 Å². The number of alkyl carbamates (subject to hydrolysis) is 1. The van der Waals surface area contributed by atoms with E-state index in [0.717, 1.165) is 7.11 Å². The monoisotopic (exact) mass is 577 g/mol. The van der Waals surface area contributed by atoms with Crippen molar-refractivity contribution >= 4 is 45.1 Å². The number of aromatic nitrogens is 2. The van der Waals surface area contributed by atoms with Gasteiger partial charge in [-0.25, -0.2) is 18.6 Å². The van der Waals surface area contributed by atoms with Crippen molar-refractivity contribution in [3.05, 3.63) is 64.0 Å². The molecule has 0 spiro atoms. The van der Waals surface area contributed by atoms with Gasteiger partial charge in [-0.2, -0.15) is 0 Å². The lowest BCUT2D eigenvalue weighted by atomic mass is 10.1. The zero-order chi connectivity index (χ0) is 29.2. The van der Waals surface area contributed by atoms with Crippen LogP contribution in [-0.2, 0) is 20.9 Å². The van der Waals surface area contributed by atoms with Crippen LogP contribution >= 0.6 is 11.3 Å². The molecule has 0 aliphatic rings. The molecule has 1 atom stereocenters. The van der Waals surface area contributed by atoms with Crippen LogP contribution in [-0.4, -0.2) is 72.6 Å². The first-order valence-electron chi connectivity index (χ1n) is 12.1. The number of benzene rings is 1. The molecule has 1 unspecified atom stereocenters. The number of ether oxygens (including phenoxy) is 2. The third-order valence-corrected chi connectivity index (χ3v) is 6.56. The Morgan fingerprint density at radius 3 is 2.67 bits per heavy atom. The number of carbonyl (C=O) groups excluding carboxylic acids is 3. The average Bonchev–Trinajstić information content (AvgIpc) is 3.34. The highest BCUT2D eigenvalue weighted by Crippen LogP contribution is 2.31. The lowest BCUT2D eigenvalue weighted by Crippen LogP contribution is -2.44. The number of allylic oxidation sites excluding steroid dienone is 1. The molecule has 3 rings (SSSR count). The number of anilines is 1. The minimum absolute atomic E-state index is 0.0236. The Morgan fingerprint density at radius 1 is 1.20 bits per heavy atom. The van der Waals surface area contributed by atoms with Crippen LogP contribution < -0.4 is 20.9 Å².